The number of carbonyl (C=O) groups is 1. The third-order valence-electron chi connectivity index (χ3n) is 3.47. The molecule has 3 rings (SSSR count). The van der Waals surface area contributed by atoms with Crippen molar-refractivity contribution in [3.8, 4) is 6.07 Å². The summed E-state index contributed by atoms with van der Waals surface area (Å²) in [6, 6.07) is 17.1. The van der Waals surface area contributed by atoms with Crippen LogP contribution in [-0.4, -0.2) is 23.2 Å². The average Bonchev–Trinajstić information content (AvgIpc) is 3.03. The smallest absolute Gasteiger partial charge is 0.237 e. The van der Waals surface area contributed by atoms with Crippen molar-refractivity contribution in [2.45, 2.75) is 10.8 Å². The van der Waals surface area contributed by atoms with Gasteiger partial charge in [0.25, 0.3) is 0 Å². The number of rotatable bonds is 6. The highest BCUT2D eigenvalue weighted by molar-refractivity contribution is 8.01. The summed E-state index contributed by atoms with van der Waals surface area (Å²) in [7, 11) is 0. The number of nitriles is 1. The number of thioether (sulfide) groups is 1. The van der Waals surface area contributed by atoms with E-state index in [4.69, 9.17) is 16.9 Å². The fourth-order valence-corrected chi connectivity index (χ4v) is 4.40. The minimum Gasteiger partial charge on any atom is -0.311 e. The Bertz CT molecular complexity index is 921. The lowest BCUT2D eigenvalue weighted by molar-refractivity contribution is -0.116. The first-order valence-electron chi connectivity index (χ1n) is 7.58. The Morgan fingerprint density at radius 1 is 1.28 bits per heavy atom. The van der Waals surface area contributed by atoms with E-state index in [9.17, 15) is 4.79 Å². The Balaban J connectivity index is 1.71. The van der Waals surface area contributed by atoms with Gasteiger partial charge in [-0.3, -0.25) is 4.79 Å². The third kappa shape index (κ3) is 4.51. The molecular weight excluding hydrogens is 374 g/mol. The third-order valence-corrected chi connectivity index (χ3v) is 5.86. The van der Waals surface area contributed by atoms with Gasteiger partial charge < -0.3 is 4.90 Å². The van der Waals surface area contributed by atoms with Crippen LogP contribution in [0.2, 0.25) is 5.02 Å². The average molecular weight is 388 g/mol. The molecule has 25 heavy (non-hydrogen) atoms. The number of benzene rings is 2. The van der Waals surface area contributed by atoms with E-state index >= 15 is 0 Å². The minimum absolute atomic E-state index is 0.0382. The molecule has 4 nitrogen and oxygen atoms in total. The predicted octanol–water partition coefficient (Wildman–Crippen LogP) is 4.99. The van der Waals surface area contributed by atoms with Gasteiger partial charge in [0.2, 0.25) is 5.91 Å². The minimum atomic E-state index is -0.0382. The van der Waals surface area contributed by atoms with Crippen LogP contribution in [0.1, 0.15) is 6.42 Å². The first-order chi connectivity index (χ1) is 12.2. The molecule has 0 spiro atoms. The zero-order valence-corrected chi connectivity index (χ0v) is 15.6. The molecule has 0 unspecified atom stereocenters. The van der Waals surface area contributed by atoms with Crippen LogP contribution in [-0.2, 0) is 4.79 Å². The van der Waals surface area contributed by atoms with Crippen LogP contribution < -0.4 is 4.90 Å². The molecule has 3 aromatic rings. The molecule has 0 fully saturated rings. The van der Waals surface area contributed by atoms with E-state index in [1.165, 1.54) is 11.8 Å². The fourth-order valence-electron chi connectivity index (χ4n) is 2.31. The Labute approximate surface area is 159 Å². The lowest BCUT2D eigenvalue weighted by Gasteiger charge is -2.21. The highest BCUT2D eigenvalue weighted by Gasteiger charge is 2.16. The molecule has 0 saturated heterocycles. The number of carbonyl (C=O) groups excluding carboxylic acids is 1. The van der Waals surface area contributed by atoms with Crippen LogP contribution in [0.3, 0.4) is 0 Å². The van der Waals surface area contributed by atoms with Gasteiger partial charge in [-0.2, -0.15) is 5.26 Å². The summed E-state index contributed by atoms with van der Waals surface area (Å²) in [5.41, 5.74) is 1.65. The van der Waals surface area contributed by atoms with Crippen LogP contribution in [0.5, 0.6) is 0 Å². The first kappa shape index (κ1) is 17.7. The maximum Gasteiger partial charge on any atom is 0.237 e. The SMILES string of the molecule is N#CCCN(C(=O)CSc1nc2cc(Cl)ccc2s1)c1ccccc1. The molecule has 0 saturated carbocycles. The molecule has 126 valence electrons. The van der Waals surface area contributed by atoms with Gasteiger partial charge in [0.05, 0.1) is 28.5 Å². The van der Waals surface area contributed by atoms with Gasteiger partial charge in [-0.05, 0) is 30.3 Å². The molecule has 2 aromatic carbocycles. The van der Waals surface area contributed by atoms with Crippen molar-refractivity contribution in [2.75, 3.05) is 17.2 Å². The van der Waals surface area contributed by atoms with E-state index in [0.29, 0.717) is 18.0 Å². The first-order valence-corrected chi connectivity index (χ1v) is 9.76. The molecule has 0 aliphatic carbocycles. The summed E-state index contributed by atoms with van der Waals surface area (Å²) in [5, 5.41) is 9.49. The number of hydrogen-bond donors (Lipinski definition) is 0. The van der Waals surface area contributed by atoms with Crippen molar-refractivity contribution < 1.29 is 4.79 Å². The fraction of sp³-hybridized carbons (Fsp3) is 0.167. The predicted molar refractivity (Wildman–Crippen MR) is 104 cm³/mol. The van der Waals surface area contributed by atoms with Gasteiger partial charge in [-0.15, -0.1) is 11.3 Å². The second-order valence-electron chi connectivity index (χ2n) is 5.17. The Kier molecular flexibility index (Phi) is 5.92. The number of anilines is 1. The van der Waals surface area contributed by atoms with Crippen LogP contribution >= 0.6 is 34.7 Å². The van der Waals surface area contributed by atoms with Crippen molar-refractivity contribution in [1.82, 2.24) is 4.98 Å². The summed E-state index contributed by atoms with van der Waals surface area (Å²) < 4.78 is 1.88. The van der Waals surface area contributed by atoms with Crippen molar-refractivity contribution >= 4 is 56.5 Å². The van der Waals surface area contributed by atoms with Gasteiger partial charge in [0.15, 0.2) is 4.34 Å². The van der Waals surface area contributed by atoms with E-state index < -0.39 is 0 Å². The monoisotopic (exact) mass is 387 g/mol. The maximum absolute atomic E-state index is 12.6. The molecule has 0 N–H and O–H groups in total. The molecule has 0 aliphatic rings. The molecule has 0 bridgehead atoms. The Morgan fingerprint density at radius 2 is 2.08 bits per heavy atom. The summed E-state index contributed by atoms with van der Waals surface area (Å²) >= 11 is 8.93. The van der Waals surface area contributed by atoms with Crippen LogP contribution in [0.15, 0.2) is 52.9 Å². The van der Waals surface area contributed by atoms with E-state index in [2.05, 4.69) is 11.1 Å². The zero-order valence-electron chi connectivity index (χ0n) is 13.2. The topological polar surface area (TPSA) is 57.0 Å². The number of halogens is 1. The molecule has 1 aromatic heterocycles. The van der Waals surface area contributed by atoms with Crippen LogP contribution in [0.4, 0.5) is 5.69 Å². The lowest BCUT2D eigenvalue weighted by Crippen LogP contribution is -2.33. The number of fused-ring (bicyclic) bond motifs is 1. The normalized spacial score (nSPS) is 10.6. The highest BCUT2D eigenvalue weighted by Crippen LogP contribution is 2.31. The summed E-state index contributed by atoms with van der Waals surface area (Å²) in [5.74, 6) is 0.233. The second-order valence-corrected chi connectivity index (χ2v) is 7.86. The van der Waals surface area contributed by atoms with Gasteiger partial charge in [0.1, 0.15) is 0 Å². The number of amides is 1. The summed E-state index contributed by atoms with van der Waals surface area (Å²) in [6.45, 7) is 0.384. The van der Waals surface area contributed by atoms with E-state index in [1.807, 2.05) is 48.5 Å². The molecule has 0 radical (unpaired) electrons. The summed E-state index contributed by atoms with van der Waals surface area (Å²) in [6.07, 6.45) is 0.297. The lowest BCUT2D eigenvalue weighted by atomic mass is 10.2. The quantitative estimate of drug-likeness (QED) is 0.559. The highest BCUT2D eigenvalue weighted by atomic mass is 35.5. The van der Waals surface area contributed by atoms with Gasteiger partial charge in [-0.1, -0.05) is 41.6 Å². The Morgan fingerprint density at radius 3 is 2.84 bits per heavy atom. The zero-order chi connectivity index (χ0) is 17.6. The molecule has 7 heteroatoms. The van der Waals surface area contributed by atoms with Crippen LogP contribution in [0, 0.1) is 11.3 Å². The van der Waals surface area contributed by atoms with Crippen molar-refractivity contribution in [3.63, 3.8) is 0 Å². The van der Waals surface area contributed by atoms with Gasteiger partial charge in [0, 0.05) is 17.3 Å². The number of para-hydroxylation sites is 1. The molecule has 1 heterocycles. The number of nitrogens with zero attached hydrogens (tertiary/aromatic N) is 3. The van der Waals surface area contributed by atoms with Gasteiger partial charge in [-0.25, -0.2) is 4.98 Å². The number of aromatic nitrogens is 1. The summed E-state index contributed by atoms with van der Waals surface area (Å²) in [4.78, 5) is 18.8. The van der Waals surface area contributed by atoms with Crippen molar-refractivity contribution in [1.29, 1.82) is 5.26 Å². The largest absolute Gasteiger partial charge is 0.311 e. The van der Waals surface area contributed by atoms with Crippen LogP contribution in [0.25, 0.3) is 10.2 Å². The van der Waals surface area contributed by atoms with E-state index in [1.54, 1.807) is 16.2 Å². The number of hydrogen-bond acceptors (Lipinski definition) is 5. The maximum atomic E-state index is 12.6. The standard InChI is InChI=1S/C18H14ClN3OS2/c19-13-7-8-16-15(11-13)21-18(25-16)24-12-17(23)22(10-4-9-20)14-5-2-1-3-6-14/h1-3,5-8,11H,4,10,12H2. The van der Waals surface area contributed by atoms with Gasteiger partial charge >= 0.3 is 0 Å². The molecule has 0 atom stereocenters. The molecule has 1 amide bonds. The molecular formula is C18H14ClN3OS2. The number of thiazole rings is 1. The second kappa shape index (κ2) is 8.34. The molecule has 0 aliphatic heterocycles. The van der Waals surface area contributed by atoms with E-state index in [0.717, 1.165) is 20.2 Å². The van der Waals surface area contributed by atoms with Crippen molar-refractivity contribution in [3.05, 3.63) is 53.6 Å². The van der Waals surface area contributed by atoms with Crippen molar-refractivity contribution in [2.24, 2.45) is 0 Å². The Hall–Kier alpha value is -2.07. The van der Waals surface area contributed by atoms with E-state index in [-0.39, 0.29) is 11.7 Å².